The summed E-state index contributed by atoms with van der Waals surface area (Å²) < 4.78 is 11.4. The molecule has 0 atom stereocenters. The lowest BCUT2D eigenvalue weighted by atomic mass is 10.2. The normalized spacial score (nSPS) is 11.1. The van der Waals surface area contributed by atoms with Crippen molar-refractivity contribution in [3.8, 4) is 0 Å². The van der Waals surface area contributed by atoms with Crippen LogP contribution >= 0.6 is 27.3 Å². The fraction of sp³-hybridized carbons (Fsp3) is 0.357. The molecule has 0 saturated heterocycles. The Hall–Kier alpha value is -1.11. The number of aryl methyl sites for hydroxylation is 1. The molecule has 0 N–H and O–H groups in total. The summed E-state index contributed by atoms with van der Waals surface area (Å²) >= 11 is 5.17. The topological polar surface area (TPSA) is 42.7 Å². The largest absolute Gasteiger partial charge is 0.465 e. The van der Waals surface area contributed by atoms with Gasteiger partial charge in [-0.05, 0) is 48.1 Å². The van der Waals surface area contributed by atoms with Crippen molar-refractivity contribution in [2.45, 2.75) is 20.0 Å². The van der Waals surface area contributed by atoms with Crippen LogP contribution in [-0.2, 0) is 17.8 Å². The van der Waals surface area contributed by atoms with Gasteiger partial charge < -0.3 is 9.15 Å². The number of thiophene rings is 1. The quantitative estimate of drug-likeness (QED) is 0.762. The average molecular weight is 358 g/mol. The monoisotopic (exact) mass is 357 g/mol. The predicted octanol–water partition coefficient (Wildman–Crippen LogP) is 3.83. The van der Waals surface area contributed by atoms with Gasteiger partial charge in [0.15, 0.2) is 0 Å². The van der Waals surface area contributed by atoms with Crippen molar-refractivity contribution >= 4 is 33.2 Å². The Kier molecular flexibility index (Phi) is 5.01. The van der Waals surface area contributed by atoms with Gasteiger partial charge in [0.1, 0.15) is 17.1 Å². The van der Waals surface area contributed by atoms with Crippen LogP contribution in [0.15, 0.2) is 26.4 Å². The zero-order valence-electron chi connectivity index (χ0n) is 11.6. The zero-order chi connectivity index (χ0) is 14.7. The van der Waals surface area contributed by atoms with Crippen molar-refractivity contribution in [3.05, 3.63) is 43.9 Å². The minimum atomic E-state index is -0.359. The molecule has 0 aliphatic carbocycles. The van der Waals surface area contributed by atoms with E-state index in [1.807, 2.05) is 13.1 Å². The van der Waals surface area contributed by atoms with Gasteiger partial charge in [-0.15, -0.1) is 11.3 Å². The van der Waals surface area contributed by atoms with E-state index in [0.717, 1.165) is 16.1 Å². The first-order chi connectivity index (χ1) is 9.49. The van der Waals surface area contributed by atoms with Gasteiger partial charge >= 0.3 is 5.97 Å². The fourth-order valence-electron chi connectivity index (χ4n) is 1.96. The molecule has 0 bridgehead atoms. The van der Waals surface area contributed by atoms with Gasteiger partial charge in [0.2, 0.25) is 0 Å². The van der Waals surface area contributed by atoms with Crippen LogP contribution in [-0.4, -0.2) is 25.0 Å². The Morgan fingerprint density at radius 3 is 2.80 bits per heavy atom. The number of rotatable bonds is 5. The highest BCUT2D eigenvalue weighted by Crippen LogP contribution is 2.24. The van der Waals surface area contributed by atoms with E-state index in [-0.39, 0.29) is 5.97 Å². The minimum Gasteiger partial charge on any atom is -0.465 e. The number of halogens is 1. The Morgan fingerprint density at radius 1 is 1.45 bits per heavy atom. The second-order valence-electron chi connectivity index (χ2n) is 4.55. The van der Waals surface area contributed by atoms with Crippen LogP contribution in [0.1, 0.15) is 26.8 Å². The maximum Gasteiger partial charge on any atom is 0.341 e. The third-order valence-corrected chi connectivity index (χ3v) is 4.46. The molecular formula is C14H16BrNO3S. The molecule has 20 heavy (non-hydrogen) atoms. The summed E-state index contributed by atoms with van der Waals surface area (Å²) in [7, 11) is 3.39. The van der Waals surface area contributed by atoms with Gasteiger partial charge in [-0.25, -0.2) is 4.79 Å². The lowest BCUT2D eigenvalue weighted by molar-refractivity contribution is 0.0599. The summed E-state index contributed by atoms with van der Waals surface area (Å²) in [5, 5.41) is 0. The molecule has 0 saturated carbocycles. The number of nitrogens with zero attached hydrogens (tertiary/aromatic N) is 1. The van der Waals surface area contributed by atoms with Gasteiger partial charge in [0, 0.05) is 11.4 Å². The van der Waals surface area contributed by atoms with E-state index in [9.17, 15) is 4.79 Å². The first kappa shape index (κ1) is 15.3. The summed E-state index contributed by atoms with van der Waals surface area (Å²) in [5.41, 5.74) is 0.495. The molecule has 2 rings (SSSR count). The standard InChI is InChI=1S/C14H16BrNO3S/c1-9-12(14(17)18-3)6-10(19-9)7-16(2)8-11-4-5-13(15)20-11/h4-6H,7-8H2,1-3H3. The van der Waals surface area contributed by atoms with E-state index in [1.54, 1.807) is 24.3 Å². The summed E-state index contributed by atoms with van der Waals surface area (Å²) in [6, 6.07) is 5.89. The molecule has 0 aliphatic rings. The maximum atomic E-state index is 11.5. The number of carbonyl (C=O) groups excluding carboxylic acids is 1. The SMILES string of the molecule is COC(=O)c1cc(CN(C)Cc2ccc(Br)s2)oc1C. The second-order valence-corrected chi connectivity index (χ2v) is 7.10. The Bertz CT molecular complexity index is 605. The lowest BCUT2D eigenvalue weighted by Crippen LogP contribution is -2.16. The van der Waals surface area contributed by atoms with Crippen LogP contribution in [0.25, 0.3) is 0 Å². The summed E-state index contributed by atoms with van der Waals surface area (Å²) in [6.07, 6.45) is 0. The Labute approximate surface area is 130 Å². The molecule has 0 radical (unpaired) electrons. The van der Waals surface area contributed by atoms with Crippen LogP contribution in [0, 0.1) is 6.92 Å². The van der Waals surface area contributed by atoms with E-state index in [4.69, 9.17) is 9.15 Å². The van der Waals surface area contributed by atoms with E-state index < -0.39 is 0 Å². The molecule has 0 fully saturated rings. The third kappa shape index (κ3) is 3.71. The first-order valence-corrected chi connectivity index (χ1v) is 7.71. The average Bonchev–Trinajstić information content (AvgIpc) is 2.94. The van der Waals surface area contributed by atoms with Gasteiger partial charge in [0.05, 0.1) is 17.4 Å². The molecule has 2 aromatic rings. The molecule has 2 aromatic heterocycles. The van der Waals surface area contributed by atoms with E-state index >= 15 is 0 Å². The molecule has 0 amide bonds. The van der Waals surface area contributed by atoms with E-state index in [0.29, 0.717) is 17.9 Å². The highest BCUT2D eigenvalue weighted by molar-refractivity contribution is 9.11. The van der Waals surface area contributed by atoms with Gasteiger partial charge in [-0.1, -0.05) is 0 Å². The predicted molar refractivity (Wildman–Crippen MR) is 82.0 cm³/mol. The van der Waals surface area contributed by atoms with Crippen LogP contribution < -0.4 is 0 Å². The molecular weight excluding hydrogens is 342 g/mol. The highest BCUT2D eigenvalue weighted by atomic mass is 79.9. The Morgan fingerprint density at radius 2 is 2.20 bits per heavy atom. The smallest absolute Gasteiger partial charge is 0.341 e. The molecule has 4 nitrogen and oxygen atoms in total. The minimum absolute atomic E-state index is 0.359. The van der Waals surface area contributed by atoms with Crippen LogP contribution in [0.2, 0.25) is 0 Å². The van der Waals surface area contributed by atoms with Crippen molar-refractivity contribution in [1.82, 2.24) is 4.90 Å². The summed E-state index contributed by atoms with van der Waals surface area (Å²) in [4.78, 5) is 14.9. The van der Waals surface area contributed by atoms with Gasteiger partial charge in [0.25, 0.3) is 0 Å². The first-order valence-electron chi connectivity index (χ1n) is 6.10. The summed E-state index contributed by atoms with van der Waals surface area (Å²) in [5.74, 6) is 1.00. The Balaban J connectivity index is 2.01. The van der Waals surface area contributed by atoms with Crippen molar-refractivity contribution in [3.63, 3.8) is 0 Å². The zero-order valence-corrected chi connectivity index (χ0v) is 14.0. The number of esters is 1. The number of methoxy groups -OCH3 is 1. The number of carbonyl (C=O) groups is 1. The van der Waals surface area contributed by atoms with Gasteiger partial charge in [-0.2, -0.15) is 0 Å². The molecule has 0 unspecified atom stereocenters. The van der Waals surface area contributed by atoms with Crippen LogP contribution in [0.3, 0.4) is 0 Å². The molecule has 0 spiro atoms. The van der Waals surface area contributed by atoms with Gasteiger partial charge in [-0.3, -0.25) is 4.90 Å². The van der Waals surface area contributed by atoms with Crippen molar-refractivity contribution in [2.75, 3.05) is 14.2 Å². The summed E-state index contributed by atoms with van der Waals surface area (Å²) in [6.45, 7) is 3.25. The lowest BCUT2D eigenvalue weighted by Gasteiger charge is -2.13. The molecule has 0 aliphatic heterocycles. The van der Waals surface area contributed by atoms with Crippen molar-refractivity contribution < 1.29 is 13.9 Å². The maximum absolute atomic E-state index is 11.5. The third-order valence-electron chi connectivity index (χ3n) is 2.85. The van der Waals surface area contributed by atoms with Crippen LogP contribution in [0.4, 0.5) is 0 Å². The van der Waals surface area contributed by atoms with Crippen LogP contribution in [0.5, 0.6) is 0 Å². The number of ether oxygens (including phenoxy) is 1. The fourth-order valence-corrected chi connectivity index (χ4v) is 3.52. The molecule has 6 heteroatoms. The van der Waals surface area contributed by atoms with E-state index in [2.05, 4.69) is 26.9 Å². The number of hydrogen-bond acceptors (Lipinski definition) is 5. The molecule has 108 valence electrons. The molecule has 0 aromatic carbocycles. The number of hydrogen-bond donors (Lipinski definition) is 0. The number of furan rings is 1. The van der Waals surface area contributed by atoms with Crippen molar-refractivity contribution in [2.24, 2.45) is 0 Å². The highest BCUT2D eigenvalue weighted by Gasteiger charge is 2.16. The van der Waals surface area contributed by atoms with Crippen molar-refractivity contribution in [1.29, 1.82) is 0 Å². The second kappa shape index (κ2) is 6.56. The van der Waals surface area contributed by atoms with E-state index in [1.165, 1.54) is 12.0 Å². The molecule has 2 heterocycles.